The van der Waals surface area contributed by atoms with E-state index in [4.69, 9.17) is 5.73 Å². The van der Waals surface area contributed by atoms with Gasteiger partial charge in [-0.05, 0) is 52.1 Å². The van der Waals surface area contributed by atoms with Gasteiger partial charge in [-0.2, -0.15) is 0 Å². The molecule has 0 saturated heterocycles. The van der Waals surface area contributed by atoms with Crippen molar-refractivity contribution < 1.29 is 0 Å². The third kappa shape index (κ3) is 3.25. The van der Waals surface area contributed by atoms with Gasteiger partial charge in [-0.15, -0.1) is 0 Å². The molecule has 1 rings (SSSR count). The molecule has 0 aromatic carbocycles. The van der Waals surface area contributed by atoms with Crippen LogP contribution in [-0.4, -0.2) is 30.1 Å². The first-order chi connectivity index (χ1) is 6.65. The van der Waals surface area contributed by atoms with Crippen molar-refractivity contribution in [2.45, 2.75) is 58.5 Å². The zero-order valence-electron chi connectivity index (χ0n) is 10.00. The molecule has 2 N–H and O–H groups in total. The molecule has 0 bridgehead atoms. The molecule has 1 aliphatic carbocycles. The van der Waals surface area contributed by atoms with Crippen LogP contribution >= 0.6 is 0 Å². The molecule has 0 aliphatic heterocycles. The second-order valence-electron chi connectivity index (χ2n) is 4.87. The van der Waals surface area contributed by atoms with Gasteiger partial charge in [-0.1, -0.05) is 13.3 Å². The van der Waals surface area contributed by atoms with E-state index in [1.54, 1.807) is 0 Å². The van der Waals surface area contributed by atoms with E-state index < -0.39 is 0 Å². The van der Waals surface area contributed by atoms with Crippen molar-refractivity contribution in [2.24, 2.45) is 11.7 Å². The Balaban J connectivity index is 2.24. The lowest BCUT2D eigenvalue weighted by atomic mass is 10.00. The Bertz CT molecular complexity index is 154. The molecule has 2 heteroatoms. The molecule has 0 aromatic heterocycles. The van der Waals surface area contributed by atoms with Gasteiger partial charge < -0.3 is 10.6 Å². The van der Waals surface area contributed by atoms with Gasteiger partial charge >= 0.3 is 0 Å². The average Bonchev–Trinajstić information content (AvgIpc) is 2.52. The van der Waals surface area contributed by atoms with Crippen LogP contribution in [0.25, 0.3) is 0 Å². The molecule has 0 radical (unpaired) electrons. The first-order valence-electron chi connectivity index (χ1n) is 6.14. The molecule has 2 atom stereocenters. The fourth-order valence-electron chi connectivity index (χ4n) is 2.54. The first kappa shape index (κ1) is 12.0. The number of rotatable bonds is 5. The Morgan fingerprint density at radius 2 is 2.07 bits per heavy atom. The van der Waals surface area contributed by atoms with E-state index in [9.17, 15) is 0 Å². The summed E-state index contributed by atoms with van der Waals surface area (Å²) in [6, 6.07) is 1.17. The highest BCUT2D eigenvalue weighted by atomic mass is 15.1. The zero-order valence-corrected chi connectivity index (χ0v) is 10.00. The van der Waals surface area contributed by atoms with Crippen molar-refractivity contribution in [3.8, 4) is 0 Å². The molecular formula is C12H26N2. The van der Waals surface area contributed by atoms with Crippen molar-refractivity contribution >= 4 is 0 Å². The van der Waals surface area contributed by atoms with E-state index in [-0.39, 0.29) is 0 Å². The summed E-state index contributed by atoms with van der Waals surface area (Å²) >= 11 is 0. The van der Waals surface area contributed by atoms with Crippen LogP contribution in [-0.2, 0) is 0 Å². The SMILES string of the molecule is CCN(CCC1CCCC1N)C(C)C. The van der Waals surface area contributed by atoms with Gasteiger partial charge in [-0.25, -0.2) is 0 Å². The van der Waals surface area contributed by atoms with Crippen LogP contribution < -0.4 is 5.73 Å². The third-order valence-electron chi connectivity index (χ3n) is 3.64. The van der Waals surface area contributed by atoms with Gasteiger partial charge in [0, 0.05) is 12.1 Å². The molecule has 1 aliphatic rings. The maximum absolute atomic E-state index is 6.06. The van der Waals surface area contributed by atoms with E-state index in [0.29, 0.717) is 12.1 Å². The van der Waals surface area contributed by atoms with Crippen LogP contribution in [0.3, 0.4) is 0 Å². The standard InChI is InChI=1S/C12H26N2/c1-4-14(10(2)3)9-8-11-6-5-7-12(11)13/h10-12H,4-9,13H2,1-3H3. The van der Waals surface area contributed by atoms with Crippen LogP contribution in [0.1, 0.15) is 46.5 Å². The van der Waals surface area contributed by atoms with E-state index in [1.165, 1.54) is 38.8 Å². The summed E-state index contributed by atoms with van der Waals surface area (Å²) in [6.45, 7) is 9.19. The van der Waals surface area contributed by atoms with Gasteiger partial charge in [0.1, 0.15) is 0 Å². The number of nitrogens with zero attached hydrogens (tertiary/aromatic N) is 1. The molecule has 2 unspecified atom stereocenters. The molecule has 1 saturated carbocycles. The zero-order chi connectivity index (χ0) is 10.6. The summed E-state index contributed by atoms with van der Waals surface area (Å²) in [6.07, 6.45) is 5.25. The molecule has 14 heavy (non-hydrogen) atoms. The van der Waals surface area contributed by atoms with Gasteiger partial charge in [0.25, 0.3) is 0 Å². The minimum atomic E-state index is 0.487. The Hall–Kier alpha value is -0.0800. The van der Waals surface area contributed by atoms with E-state index in [0.717, 1.165) is 5.92 Å². The molecule has 0 amide bonds. The van der Waals surface area contributed by atoms with Crippen molar-refractivity contribution in [3.05, 3.63) is 0 Å². The fraction of sp³-hybridized carbons (Fsp3) is 1.00. The average molecular weight is 198 g/mol. The highest BCUT2D eigenvalue weighted by Crippen LogP contribution is 2.27. The summed E-state index contributed by atoms with van der Waals surface area (Å²) in [7, 11) is 0. The molecule has 0 heterocycles. The number of nitrogens with two attached hydrogens (primary N) is 1. The van der Waals surface area contributed by atoms with Gasteiger partial charge in [0.05, 0.1) is 0 Å². The highest BCUT2D eigenvalue weighted by molar-refractivity contribution is 4.81. The lowest BCUT2D eigenvalue weighted by Gasteiger charge is -2.27. The monoisotopic (exact) mass is 198 g/mol. The number of hydrogen-bond donors (Lipinski definition) is 1. The van der Waals surface area contributed by atoms with Crippen molar-refractivity contribution in [1.82, 2.24) is 4.90 Å². The Morgan fingerprint density at radius 1 is 1.36 bits per heavy atom. The predicted octanol–water partition coefficient (Wildman–Crippen LogP) is 2.23. The Morgan fingerprint density at radius 3 is 2.50 bits per heavy atom. The van der Waals surface area contributed by atoms with Gasteiger partial charge in [0.15, 0.2) is 0 Å². The Labute approximate surface area is 88.8 Å². The van der Waals surface area contributed by atoms with Crippen LogP contribution in [0.15, 0.2) is 0 Å². The van der Waals surface area contributed by atoms with Crippen LogP contribution in [0.5, 0.6) is 0 Å². The van der Waals surface area contributed by atoms with E-state index in [2.05, 4.69) is 25.7 Å². The normalized spacial score (nSPS) is 27.9. The summed E-state index contributed by atoms with van der Waals surface area (Å²) in [5.74, 6) is 0.794. The van der Waals surface area contributed by atoms with Crippen molar-refractivity contribution in [2.75, 3.05) is 13.1 Å². The second-order valence-corrected chi connectivity index (χ2v) is 4.87. The molecule has 2 nitrogen and oxygen atoms in total. The summed E-state index contributed by atoms with van der Waals surface area (Å²) < 4.78 is 0. The summed E-state index contributed by atoms with van der Waals surface area (Å²) in [5.41, 5.74) is 6.06. The molecule has 84 valence electrons. The van der Waals surface area contributed by atoms with Gasteiger partial charge in [-0.3, -0.25) is 0 Å². The molecule has 0 spiro atoms. The van der Waals surface area contributed by atoms with Crippen LogP contribution in [0, 0.1) is 5.92 Å². The van der Waals surface area contributed by atoms with Crippen LogP contribution in [0.4, 0.5) is 0 Å². The van der Waals surface area contributed by atoms with E-state index >= 15 is 0 Å². The minimum absolute atomic E-state index is 0.487. The maximum atomic E-state index is 6.06. The van der Waals surface area contributed by atoms with Crippen molar-refractivity contribution in [1.29, 1.82) is 0 Å². The second kappa shape index (κ2) is 5.72. The highest BCUT2D eigenvalue weighted by Gasteiger charge is 2.24. The fourth-order valence-corrected chi connectivity index (χ4v) is 2.54. The minimum Gasteiger partial charge on any atom is -0.327 e. The molecular weight excluding hydrogens is 172 g/mol. The quantitative estimate of drug-likeness (QED) is 0.734. The third-order valence-corrected chi connectivity index (χ3v) is 3.64. The van der Waals surface area contributed by atoms with Crippen molar-refractivity contribution in [3.63, 3.8) is 0 Å². The smallest absolute Gasteiger partial charge is 0.00676 e. The largest absolute Gasteiger partial charge is 0.327 e. The number of hydrogen-bond acceptors (Lipinski definition) is 2. The van der Waals surface area contributed by atoms with Crippen LogP contribution in [0.2, 0.25) is 0 Å². The molecule has 0 aromatic rings. The predicted molar refractivity (Wildman–Crippen MR) is 62.3 cm³/mol. The Kier molecular flexibility index (Phi) is 4.90. The van der Waals surface area contributed by atoms with E-state index in [1.807, 2.05) is 0 Å². The first-order valence-corrected chi connectivity index (χ1v) is 6.14. The lowest BCUT2D eigenvalue weighted by Crippen LogP contribution is -2.34. The molecule has 1 fully saturated rings. The lowest BCUT2D eigenvalue weighted by molar-refractivity contribution is 0.213. The van der Waals surface area contributed by atoms with Gasteiger partial charge in [0.2, 0.25) is 0 Å². The maximum Gasteiger partial charge on any atom is 0.00676 e. The summed E-state index contributed by atoms with van der Waals surface area (Å²) in [5, 5.41) is 0. The topological polar surface area (TPSA) is 29.3 Å². The summed E-state index contributed by atoms with van der Waals surface area (Å²) in [4.78, 5) is 2.53.